The van der Waals surface area contributed by atoms with Gasteiger partial charge in [-0.25, -0.2) is 0 Å². The van der Waals surface area contributed by atoms with Gasteiger partial charge in [0.1, 0.15) is 5.75 Å². The summed E-state index contributed by atoms with van der Waals surface area (Å²) in [6, 6.07) is 8.15. The number of ether oxygens (including phenoxy) is 1. The minimum atomic E-state index is 0.00521. The summed E-state index contributed by atoms with van der Waals surface area (Å²) >= 11 is 0. The molecule has 1 saturated heterocycles. The zero-order valence-corrected chi connectivity index (χ0v) is 17.4. The second-order valence-electron chi connectivity index (χ2n) is 8.33. The molecular formula is C23H34N2O4. The van der Waals surface area contributed by atoms with E-state index in [9.17, 15) is 14.7 Å². The number of hydrogen-bond donors (Lipinski definition) is 2. The van der Waals surface area contributed by atoms with Crippen LogP contribution in [0.15, 0.2) is 24.3 Å². The molecule has 160 valence electrons. The molecule has 1 aromatic rings. The number of nitrogens with zero attached hydrogens (tertiary/aromatic N) is 1. The number of aliphatic hydroxyl groups is 1. The van der Waals surface area contributed by atoms with Crippen LogP contribution in [0.3, 0.4) is 0 Å². The van der Waals surface area contributed by atoms with Crippen molar-refractivity contribution < 1.29 is 19.4 Å². The molecule has 0 radical (unpaired) electrons. The number of aryl methyl sites for hydroxylation is 1. The Morgan fingerprint density at radius 2 is 1.86 bits per heavy atom. The van der Waals surface area contributed by atoms with Gasteiger partial charge < -0.3 is 20.1 Å². The molecule has 29 heavy (non-hydrogen) atoms. The van der Waals surface area contributed by atoms with Crippen molar-refractivity contribution in [2.75, 3.05) is 20.3 Å². The van der Waals surface area contributed by atoms with Crippen LogP contribution in [0.4, 0.5) is 0 Å². The van der Waals surface area contributed by atoms with E-state index in [1.165, 1.54) is 5.56 Å². The largest absolute Gasteiger partial charge is 0.497 e. The first-order chi connectivity index (χ1) is 14.1. The molecule has 1 aromatic carbocycles. The van der Waals surface area contributed by atoms with Gasteiger partial charge in [-0.05, 0) is 69.1 Å². The molecule has 1 aliphatic heterocycles. The Morgan fingerprint density at radius 1 is 1.14 bits per heavy atom. The molecule has 1 saturated carbocycles. The van der Waals surface area contributed by atoms with Crippen LogP contribution >= 0.6 is 0 Å². The van der Waals surface area contributed by atoms with Crippen LogP contribution in [0.25, 0.3) is 0 Å². The minimum Gasteiger partial charge on any atom is -0.497 e. The van der Waals surface area contributed by atoms with Gasteiger partial charge in [0.05, 0.1) is 19.8 Å². The summed E-state index contributed by atoms with van der Waals surface area (Å²) in [5.41, 5.74) is 1.21. The Morgan fingerprint density at radius 3 is 2.52 bits per heavy atom. The van der Waals surface area contributed by atoms with Crippen molar-refractivity contribution in [3.05, 3.63) is 29.8 Å². The van der Waals surface area contributed by atoms with Crippen molar-refractivity contribution in [2.45, 2.75) is 69.9 Å². The Hall–Kier alpha value is -2.08. The molecule has 1 aliphatic carbocycles. The number of benzene rings is 1. The van der Waals surface area contributed by atoms with Crippen LogP contribution in [0.1, 0.15) is 56.9 Å². The molecular weight excluding hydrogens is 368 g/mol. The molecule has 2 fully saturated rings. The van der Waals surface area contributed by atoms with Gasteiger partial charge in [0.2, 0.25) is 11.8 Å². The third-order valence-corrected chi connectivity index (χ3v) is 6.34. The summed E-state index contributed by atoms with van der Waals surface area (Å²) < 4.78 is 5.16. The van der Waals surface area contributed by atoms with E-state index < -0.39 is 0 Å². The number of carbonyl (C=O) groups excluding carboxylic acids is 2. The number of likely N-dealkylation sites (tertiary alicyclic amines) is 1. The van der Waals surface area contributed by atoms with Crippen molar-refractivity contribution in [2.24, 2.45) is 5.92 Å². The van der Waals surface area contributed by atoms with Crippen LogP contribution in [0.5, 0.6) is 5.75 Å². The van der Waals surface area contributed by atoms with E-state index in [0.717, 1.165) is 63.7 Å². The third kappa shape index (κ3) is 5.95. The van der Waals surface area contributed by atoms with Crippen LogP contribution in [0.2, 0.25) is 0 Å². The van der Waals surface area contributed by atoms with Gasteiger partial charge in [-0.15, -0.1) is 0 Å². The summed E-state index contributed by atoms with van der Waals surface area (Å²) in [5.74, 6) is 1.20. The maximum Gasteiger partial charge on any atom is 0.226 e. The van der Waals surface area contributed by atoms with Crippen molar-refractivity contribution in [3.63, 3.8) is 0 Å². The number of methoxy groups -OCH3 is 1. The Labute approximate surface area is 173 Å². The first kappa shape index (κ1) is 21.6. The molecule has 2 amide bonds. The van der Waals surface area contributed by atoms with E-state index in [4.69, 9.17) is 4.74 Å². The molecule has 0 aromatic heterocycles. The highest BCUT2D eigenvalue weighted by atomic mass is 16.5. The Bertz CT molecular complexity index is 668. The maximum atomic E-state index is 12.7. The molecule has 0 unspecified atom stereocenters. The van der Waals surface area contributed by atoms with Gasteiger partial charge in [0, 0.05) is 24.9 Å². The molecule has 2 aliphatic rings. The lowest BCUT2D eigenvalue weighted by Crippen LogP contribution is -2.44. The average Bonchev–Trinajstić information content (AvgIpc) is 3.23. The van der Waals surface area contributed by atoms with Gasteiger partial charge in [-0.3, -0.25) is 9.59 Å². The van der Waals surface area contributed by atoms with Crippen molar-refractivity contribution in [1.82, 2.24) is 10.2 Å². The lowest BCUT2D eigenvalue weighted by atomic mass is 9.85. The Balaban J connectivity index is 1.34. The number of rotatable bonds is 8. The van der Waals surface area contributed by atoms with E-state index in [1.54, 1.807) is 7.11 Å². The fourth-order valence-corrected chi connectivity index (χ4v) is 4.58. The number of aliphatic hydroxyl groups excluding tert-OH is 1. The number of hydrogen-bond acceptors (Lipinski definition) is 4. The van der Waals surface area contributed by atoms with Crippen LogP contribution in [-0.4, -0.2) is 54.2 Å². The molecule has 3 rings (SSSR count). The average molecular weight is 403 g/mol. The van der Waals surface area contributed by atoms with Crippen molar-refractivity contribution in [1.29, 1.82) is 0 Å². The normalized spacial score (nSPS) is 24.3. The lowest BCUT2D eigenvalue weighted by Gasteiger charge is -2.33. The lowest BCUT2D eigenvalue weighted by molar-refractivity contribution is -0.138. The van der Waals surface area contributed by atoms with E-state index >= 15 is 0 Å². The first-order valence-corrected chi connectivity index (χ1v) is 10.9. The van der Waals surface area contributed by atoms with Crippen molar-refractivity contribution in [3.8, 4) is 5.75 Å². The molecule has 1 heterocycles. The molecule has 2 N–H and O–H groups in total. The zero-order chi connectivity index (χ0) is 20.6. The quantitative estimate of drug-likeness (QED) is 0.701. The SMILES string of the molecule is COc1ccc(CCCC(=O)NC2CCC(C(=O)N3CCC[C@@H]3CO)CC2)cc1. The van der Waals surface area contributed by atoms with E-state index in [1.807, 2.05) is 29.2 Å². The summed E-state index contributed by atoms with van der Waals surface area (Å²) in [7, 11) is 1.65. The summed E-state index contributed by atoms with van der Waals surface area (Å²) in [6.07, 6.45) is 7.48. The molecule has 6 heteroatoms. The van der Waals surface area contributed by atoms with E-state index in [0.29, 0.717) is 6.42 Å². The molecule has 0 bridgehead atoms. The fraction of sp³-hybridized carbons (Fsp3) is 0.652. The molecule has 6 nitrogen and oxygen atoms in total. The fourth-order valence-electron chi connectivity index (χ4n) is 4.58. The van der Waals surface area contributed by atoms with Crippen molar-refractivity contribution >= 4 is 11.8 Å². The van der Waals surface area contributed by atoms with E-state index in [2.05, 4.69) is 5.32 Å². The highest BCUT2D eigenvalue weighted by Gasteiger charge is 2.34. The number of nitrogens with one attached hydrogen (secondary N) is 1. The standard InChI is InChI=1S/C23H34N2O4/c1-29-21-13-7-17(8-14-21)4-2-6-22(27)24-19-11-9-18(10-12-19)23(28)25-15-3-5-20(25)16-26/h7-8,13-14,18-20,26H,2-6,9-12,15-16H2,1H3,(H,24,27)/t18?,19?,20-/m1/s1. The highest BCUT2D eigenvalue weighted by molar-refractivity contribution is 5.80. The zero-order valence-electron chi connectivity index (χ0n) is 17.4. The summed E-state index contributed by atoms with van der Waals surface area (Å²) in [4.78, 5) is 26.9. The van der Waals surface area contributed by atoms with Crippen LogP contribution < -0.4 is 10.1 Å². The monoisotopic (exact) mass is 402 g/mol. The predicted octanol–water partition coefficient (Wildman–Crippen LogP) is 2.68. The third-order valence-electron chi connectivity index (χ3n) is 6.34. The topological polar surface area (TPSA) is 78.9 Å². The van der Waals surface area contributed by atoms with Crippen LogP contribution in [-0.2, 0) is 16.0 Å². The van der Waals surface area contributed by atoms with Gasteiger partial charge in [0.25, 0.3) is 0 Å². The minimum absolute atomic E-state index is 0.00521. The predicted molar refractivity (Wildman–Crippen MR) is 112 cm³/mol. The second kappa shape index (κ2) is 10.6. The molecule has 1 atom stereocenters. The first-order valence-electron chi connectivity index (χ1n) is 10.9. The number of carbonyl (C=O) groups is 2. The van der Waals surface area contributed by atoms with Gasteiger partial charge in [0.15, 0.2) is 0 Å². The van der Waals surface area contributed by atoms with Gasteiger partial charge in [-0.1, -0.05) is 12.1 Å². The highest BCUT2D eigenvalue weighted by Crippen LogP contribution is 2.29. The second-order valence-corrected chi connectivity index (χ2v) is 8.33. The van der Waals surface area contributed by atoms with Gasteiger partial charge in [-0.2, -0.15) is 0 Å². The summed E-state index contributed by atoms with van der Waals surface area (Å²) in [5, 5.41) is 12.6. The van der Waals surface area contributed by atoms with Gasteiger partial charge >= 0.3 is 0 Å². The molecule has 0 spiro atoms. The Kier molecular flexibility index (Phi) is 7.92. The maximum absolute atomic E-state index is 12.7. The smallest absolute Gasteiger partial charge is 0.226 e. The van der Waals surface area contributed by atoms with Crippen LogP contribution in [0, 0.1) is 5.92 Å². The summed E-state index contributed by atoms with van der Waals surface area (Å²) in [6.45, 7) is 0.836. The number of amides is 2. The van der Waals surface area contributed by atoms with E-state index in [-0.39, 0.29) is 36.4 Å².